The van der Waals surface area contributed by atoms with Crippen molar-refractivity contribution in [2.24, 2.45) is 5.92 Å². The average molecular weight is 532 g/mol. The lowest BCUT2D eigenvalue weighted by molar-refractivity contribution is -0.121. The summed E-state index contributed by atoms with van der Waals surface area (Å²) in [5.41, 5.74) is 8.17. The number of fused-ring (bicyclic) bond motifs is 3. The van der Waals surface area contributed by atoms with E-state index in [1.807, 2.05) is 18.2 Å². The molecule has 4 heteroatoms. The van der Waals surface area contributed by atoms with Crippen LogP contribution in [0.1, 0.15) is 73.4 Å². The smallest absolute Gasteiger partial charge is 0.220 e. The Hall–Kier alpha value is -3.92. The minimum Gasteiger partial charge on any atom is -0.352 e. The summed E-state index contributed by atoms with van der Waals surface area (Å²) in [4.78, 5) is 18.0. The fraction of sp³-hybridized carbons (Fsp3) is 0.333. The molecule has 0 saturated carbocycles. The monoisotopic (exact) mass is 531 g/mol. The second-order valence-corrected chi connectivity index (χ2v) is 11.3. The molecule has 0 saturated heterocycles. The van der Waals surface area contributed by atoms with Crippen molar-refractivity contribution in [3.63, 3.8) is 0 Å². The lowest BCUT2D eigenvalue weighted by atomic mass is 9.81. The summed E-state index contributed by atoms with van der Waals surface area (Å²) in [6, 6.07) is 29.9. The zero-order valence-electron chi connectivity index (χ0n) is 24.3. The van der Waals surface area contributed by atoms with Crippen molar-refractivity contribution in [3.8, 4) is 0 Å². The molecular formula is C36H41N3O. The van der Waals surface area contributed by atoms with Crippen LogP contribution in [0.25, 0.3) is 21.9 Å². The number of benzene rings is 3. The minimum atomic E-state index is 0.114. The van der Waals surface area contributed by atoms with E-state index in [2.05, 4.69) is 104 Å². The summed E-state index contributed by atoms with van der Waals surface area (Å²) in [7, 11) is 0. The molecule has 40 heavy (non-hydrogen) atoms. The first kappa shape index (κ1) is 27.6. The molecule has 5 rings (SSSR count). The highest BCUT2D eigenvalue weighted by molar-refractivity contribution is 6.08. The van der Waals surface area contributed by atoms with Crippen LogP contribution in [-0.4, -0.2) is 15.5 Å². The van der Waals surface area contributed by atoms with E-state index >= 15 is 0 Å². The SMILES string of the molecule is CCCCC(C)C(CC(=O)NCc1ccccc1)c1ccc(Cn2c3ccccc3c3c(C)cc(C)nc32)cc1. The van der Waals surface area contributed by atoms with Crippen molar-refractivity contribution in [1.29, 1.82) is 0 Å². The summed E-state index contributed by atoms with van der Waals surface area (Å²) in [6.45, 7) is 10.1. The van der Waals surface area contributed by atoms with Crippen molar-refractivity contribution in [2.75, 3.05) is 0 Å². The van der Waals surface area contributed by atoms with Gasteiger partial charge in [0.1, 0.15) is 5.65 Å². The van der Waals surface area contributed by atoms with Crippen LogP contribution in [-0.2, 0) is 17.9 Å². The Bertz CT molecular complexity index is 1580. The molecule has 1 N–H and O–H groups in total. The van der Waals surface area contributed by atoms with Gasteiger partial charge >= 0.3 is 0 Å². The average Bonchev–Trinajstić information content (AvgIpc) is 3.27. The van der Waals surface area contributed by atoms with Gasteiger partial charge in [-0.15, -0.1) is 0 Å². The molecule has 5 aromatic rings. The number of aromatic nitrogens is 2. The standard InChI is InChI=1S/C36H41N3O/c1-5-6-12-25(2)32(22-34(40)37-23-28-13-8-7-9-14-28)30-19-17-29(18-20-30)24-39-33-16-11-10-15-31(33)35-26(3)21-27(4)38-36(35)39/h7-11,13-21,25,32H,5-6,12,22-24H2,1-4H3,(H,37,40). The molecule has 0 aliphatic carbocycles. The van der Waals surface area contributed by atoms with Crippen molar-refractivity contribution in [1.82, 2.24) is 14.9 Å². The van der Waals surface area contributed by atoms with Gasteiger partial charge in [-0.3, -0.25) is 4.79 Å². The van der Waals surface area contributed by atoms with Crippen LogP contribution >= 0.6 is 0 Å². The van der Waals surface area contributed by atoms with Crippen LogP contribution in [0.5, 0.6) is 0 Å². The first-order chi connectivity index (χ1) is 19.4. The van der Waals surface area contributed by atoms with Crippen molar-refractivity contribution in [3.05, 3.63) is 113 Å². The molecule has 4 nitrogen and oxygen atoms in total. The number of unbranched alkanes of at least 4 members (excludes halogenated alkanes) is 1. The Morgan fingerprint density at radius 3 is 2.40 bits per heavy atom. The highest BCUT2D eigenvalue weighted by Gasteiger charge is 2.23. The highest BCUT2D eigenvalue weighted by atomic mass is 16.1. The lowest BCUT2D eigenvalue weighted by Gasteiger charge is -2.24. The van der Waals surface area contributed by atoms with Crippen LogP contribution < -0.4 is 5.32 Å². The van der Waals surface area contributed by atoms with E-state index in [0.29, 0.717) is 18.9 Å². The van der Waals surface area contributed by atoms with Gasteiger partial charge in [0.05, 0.1) is 5.52 Å². The summed E-state index contributed by atoms with van der Waals surface area (Å²) in [6.07, 6.45) is 3.98. The second kappa shape index (κ2) is 12.5. The molecule has 2 unspecified atom stereocenters. The molecule has 0 fully saturated rings. The Morgan fingerprint density at radius 1 is 0.925 bits per heavy atom. The summed E-state index contributed by atoms with van der Waals surface area (Å²) >= 11 is 0. The third-order valence-corrected chi connectivity index (χ3v) is 8.23. The Balaban J connectivity index is 1.38. The van der Waals surface area contributed by atoms with Gasteiger partial charge in [0.2, 0.25) is 5.91 Å². The summed E-state index contributed by atoms with van der Waals surface area (Å²) in [5, 5.41) is 5.64. The molecule has 2 heterocycles. The van der Waals surface area contributed by atoms with Crippen LogP contribution in [0.4, 0.5) is 0 Å². The normalized spacial score (nSPS) is 13.0. The fourth-order valence-corrected chi connectivity index (χ4v) is 6.04. The lowest BCUT2D eigenvalue weighted by Crippen LogP contribution is -2.26. The van der Waals surface area contributed by atoms with Crippen LogP contribution in [0, 0.1) is 19.8 Å². The molecular weight excluding hydrogens is 490 g/mol. The molecule has 3 aromatic carbocycles. The van der Waals surface area contributed by atoms with E-state index in [9.17, 15) is 4.79 Å². The number of hydrogen-bond donors (Lipinski definition) is 1. The number of para-hydroxylation sites is 1. The van der Waals surface area contributed by atoms with E-state index in [-0.39, 0.29) is 11.8 Å². The maximum Gasteiger partial charge on any atom is 0.220 e. The predicted molar refractivity (Wildman–Crippen MR) is 167 cm³/mol. The molecule has 0 spiro atoms. The van der Waals surface area contributed by atoms with Gasteiger partial charge < -0.3 is 9.88 Å². The second-order valence-electron chi connectivity index (χ2n) is 11.3. The summed E-state index contributed by atoms with van der Waals surface area (Å²) < 4.78 is 2.35. The minimum absolute atomic E-state index is 0.114. The number of nitrogens with one attached hydrogen (secondary N) is 1. The number of carbonyl (C=O) groups is 1. The molecule has 0 aliphatic rings. The fourth-order valence-electron chi connectivity index (χ4n) is 6.04. The zero-order valence-corrected chi connectivity index (χ0v) is 24.3. The van der Waals surface area contributed by atoms with Crippen LogP contribution in [0.3, 0.4) is 0 Å². The Kier molecular flexibility index (Phi) is 8.64. The topological polar surface area (TPSA) is 46.9 Å². The van der Waals surface area contributed by atoms with Gasteiger partial charge in [-0.05, 0) is 60.1 Å². The van der Waals surface area contributed by atoms with Gasteiger partial charge in [0, 0.05) is 36.0 Å². The van der Waals surface area contributed by atoms with E-state index in [1.54, 1.807) is 0 Å². The van der Waals surface area contributed by atoms with E-state index in [4.69, 9.17) is 4.98 Å². The third-order valence-electron chi connectivity index (χ3n) is 8.23. The Morgan fingerprint density at radius 2 is 1.65 bits per heavy atom. The van der Waals surface area contributed by atoms with E-state index < -0.39 is 0 Å². The van der Waals surface area contributed by atoms with Gasteiger partial charge in [0.25, 0.3) is 0 Å². The highest BCUT2D eigenvalue weighted by Crippen LogP contribution is 2.34. The number of rotatable bonds is 11. The van der Waals surface area contributed by atoms with E-state index in [1.165, 1.54) is 45.8 Å². The van der Waals surface area contributed by atoms with Gasteiger partial charge in [-0.2, -0.15) is 0 Å². The van der Waals surface area contributed by atoms with Gasteiger partial charge in [-0.25, -0.2) is 4.98 Å². The van der Waals surface area contributed by atoms with Crippen LogP contribution in [0.2, 0.25) is 0 Å². The number of amides is 1. The molecule has 206 valence electrons. The van der Waals surface area contributed by atoms with E-state index in [0.717, 1.165) is 29.9 Å². The largest absolute Gasteiger partial charge is 0.352 e. The maximum atomic E-state index is 13.0. The van der Waals surface area contributed by atoms with Crippen molar-refractivity contribution in [2.45, 2.75) is 72.4 Å². The molecule has 1 amide bonds. The van der Waals surface area contributed by atoms with Crippen molar-refractivity contribution >= 4 is 27.8 Å². The Labute approximate surface area is 238 Å². The molecule has 0 bridgehead atoms. The maximum absolute atomic E-state index is 13.0. The van der Waals surface area contributed by atoms with Crippen LogP contribution in [0.15, 0.2) is 84.9 Å². The predicted octanol–water partition coefficient (Wildman–Crippen LogP) is 8.47. The van der Waals surface area contributed by atoms with Gasteiger partial charge in [0.15, 0.2) is 0 Å². The molecule has 2 aromatic heterocycles. The molecule has 2 atom stereocenters. The zero-order chi connectivity index (χ0) is 28.1. The molecule has 0 radical (unpaired) electrons. The number of pyridine rings is 1. The molecule has 0 aliphatic heterocycles. The quantitative estimate of drug-likeness (QED) is 0.186. The third kappa shape index (κ3) is 6.12. The number of hydrogen-bond acceptors (Lipinski definition) is 2. The van der Waals surface area contributed by atoms with Crippen molar-refractivity contribution < 1.29 is 4.79 Å². The number of aryl methyl sites for hydroxylation is 2. The first-order valence-electron chi connectivity index (χ1n) is 14.7. The number of carbonyl (C=O) groups excluding carboxylic acids is 1. The number of nitrogens with zero attached hydrogens (tertiary/aromatic N) is 2. The first-order valence-corrected chi connectivity index (χ1v) is 14.7. The van der Waals surface area contributed by atoms with Gasteiger partial charge in [-0.1, -0.05) is 106 Å². The summed E-state index contributed by atoms with van der Waals surface area (Å²) in [5.74, 6) is 0.737.